The molecular formula is C21H16Br2Cl2F2N2O2S2. The minimum atomic E-state index is -4.08. The number of hydrogen-bond acceptors (Lipinski definition) is 5. The second-order valence-corrected chi connectivity index (χ2v) is 13.1. The minimum absolute atomic E-state index is 0.227. The van der Waals surface area contributed by atoms with Crippen molar-refractivity contribution in [2.75, 3.05) is 18.0 Å². The number of thiazole rings is 1. The third kappa shape index (κ3) is 5.26. The van der Waals surface area contributed by atoms with Gasteiger partial charge in [0.05, 0.1) is 19.9 Å². The van der Waals surface area contributed by atoms with Gasteiger partial charge in [0.25, 0.3) is 0 Å². The van der Waals surface area contributed by atoms with Crippen LogP contribution in [0.5, 0.6) is 0 Å². The van der Waals surface area contributed by atoms with E-state index in [1.807, 2.05) is 16.3 Å². The highest BCUT2D eigenvalue weighted by molar-refractivity contribution is 9.11. The number of benzene rings is 2. The summed E-state index contributed by atoms with van der Waals surface area (Å²) in [6.07, 6.45) is 1.11. The van der Waals surface area contributed by atoms with Gasteiger partial charge < -0.3 is 4.90 Å². The second-order valence-electron chi connectivity index (χ2n) is 7.56. The second kappa shape index (κ2) is 10.1. The Hall–Kier alpha value is -0.780. The van der Waals surface area contributed by atoms with Gasteiger partial charge in [-0.3, -0.25) is 0 Å². The van der Waals surface area contributed by atoms with E-state index in [1.165, 1.54) is 11.3 Å². The van der Waals surface area contributed by atoms with Crippen LogP contribution in [0, 0.1) is 11.6 Å². The number of aromatic nitrogens is 1. The Bertz CT molecular complexity index is 1290. The third-order valence-corrected chi connectivity index (χ3v) is 10.9. The Morgan fingerprint density at radius 2 is 1.85 bits per heavy atom. The predicted molar refractivity (Wildman–Crippen MR) is 136 cm³/mol. The van der Waals surface area contributed by atoms with Crippen LogP contribution >= 0.6 is 66.4 Å². The van der Waals surface area contributed by atoms with E-state index >= 15 is 0 Å². The Balaban J connectivity index is 1.47. The first kappa shape index (κ1) is 25.3. The van der Waals surface area contributed by atoms with Crippen LogP contribution in [0.3, 0.4) is 0 Å². The van der Waals surface area contributed by atoms with Crippen LogP contribution in [0.25, 0.3) is 0 Å². The van der Waals surface area contributed by atoms with Gasteiger partial charge in [-0.25, -0.2) is 22.2 Å². The largest absolute Gasteiger partial charge is 0.348 e. The maximum atomic E-state index is 14.6. The first-order valence-corrected chi connectivity index (χ1v) is 14.5. The Morgan fingerprint density at radius 1 is 1.15 bits per heavy atom. The maximum absolute atomic E-state index is 14.6. The van der Waals surface area contributed by atoms with Gasteiger partial charge in [0.2, 0.25) is 0 Å². The average molecular weight is 661 g/mol. The molecule has 1 aliphatic heterocycles. The number of halogens is 6. The Kier molecular flexibility index (Phi) is 7.72. The lowest BCUT2D eigenvalue weighted by Crippen LogP contribution is -2.39. The van der Waals surface area contributed by atoms with Crippen LogP contribution in [0.15, 0.2) is 43.5 Å². The molecule has 4 nitrogen and oxygen atoms in total. The van der Waals surface area contributed by atoms with Crippen LogP contribution in [0.4, 0.5) is 13.9 Å². The predicted octanol–water partition coefficient (Wildman–Crippen LogP) is 7.29. The molecule has 0 aliphatic carbocycles. The van der Waals surface area contributed by atoms with E-state index in [-0.39, 0.29) is 21.8 Å². The molecule has 0 saturated carbocycles. The molecule has 1 aliphatic rings. The highest BCUT2D eigenvalue weighted by atomic mass is 79.9. The van der Waals surface area contributed by atoms with Gasteiger partial charge in [0.1, 0.15) is 10.7 Å². The number of piperidine rings is 1. The molecule has 33 heavy (non-hydrogen) atoms. The van der Waals surface area contributed by atoms with Crippen LogP contribution in [-0.4, -0.2) is 31.7 Å². The molecule has 0 spiro atoms. The molecule has 0 unspecified atom stereocenters. The van der Waals surface area contributed by atoms with Gasteiger partial charge in [-0.05, 0) is 68.5 Å². The van der Waals surface area contributed by atoms with Crippen molar-refractivity contribution in [3.8, 4) is 0 Å². The highest BCUT2D eigenvalue weighted by Crippen LogP contribution is 2.37. The molecule has 0 bridgehead atoms. The molecule has 1 saturated heterocycles. The van der Waals surface area contributed by atoms with Gasteiger partial charge in [-0.1, -0.05) is 29.3 Å². The lowest BCUT2D eigenvalue weighted by molar-refractivity contribution is 0.512. The summed E-state index contributed by atoms with van der Waals surface area (Å²) in [5, 5.41) is 3.05. The van der Waals surface area contributed by atoms with Gasteiger partial charge in [0, 0.05) is 34.9 Å². The van der Waals surface area contributed by atoms with Gasteiger partial charge in [-0.2, -0.15) is 0 Å². The molecule has 1 fully saturated rings. The monoisotopic (exact) mass is 658 g/mol. The molecule has 12 heteroatoms. The summed E-state index contributed by atoms with van der Waals surface area (Å²) in [5.74, 6) is -1.83. The van der Waals surface area contributed by atoms with Crippen LogP contribution in [-0.2, 0) is 16.3 Å². The van der Waals surface area contributed by atoms with Crippen molar-refractivity contribution in [3.05, 3.63) is 71.5 Å². The summed E-state index contributed by atoms with van der Waals surface area (Å²) >= 11 is 19.5. The SMILES string of the molecule is O=S(=O)(c1c(F)c(Br)cc(F)c1Br)C1CCN(c2nc(Cc3ccc(Cl)cc3Cl)cs2)CC1. The van der Waals surface area contributed by atoms with E-state index in [1.54, 1.807) is 12.1 Å². The van der Waals surface area contributed by atoms with Crippen molar-refractivity contribution in [2.24, 2.45) is 0 Å². The molecule has 2 heterocycles. The van der Waals surface area contributed by atoms with Crippen LogP contribution in [0.1, 0.15) is 24.1 Å². The molecule has 176 valence electrons. The van der Waals surface area contributed by atoms with E-state index < -0.39 is 31.6 Å². The normalized spacial score (nSPS) is 15.3. The smallest absolute Gasteiger partial charge is 0.185 e. The van der Waals surface area contributed by atoms with Gasteiger partial charge in [-0.15, -0.1) is 11.3 Å². The Labute approximate surface area is 221 Å². The summed E-state index contributed by atoms with van der Waals surface area (Å²) in [6.45, 7) is 0.878. The van der Waals surface area contributed by atoms with Crippen molar-refractivity contribution in [1.29, 1.82) is 0 Å². The minimum Gasteiger partial charge on any atom is -0.348 e. The summed E-state index contributed by atoms with van der Waals surface area (Å²) < 4.78 is 54.3. The van der Waals surface area contributed by atoms with Crippen molar-refractivity contribution < 1.29 is 17.2 Å². The first-order chi connectivity index (χ1) is 15.6. The highest BCUT2D eigenvalue weighted by Gasteiger charge is 2.37. The summed E-state index contributed by atoms with van der Waals surface area (Å²) in [6, 6.07) is 6.23. The topological polar surface area (TPSA) is 50.3 Å². The molecule has 4 rings (SSSR count). The molecule has 2 aromatic carbocycles. The van der Waals surface area contributed by atoms with E-state index in [9.17, 15) is 17.2 Å². The fourth-order valence-electron chi connectivity index (χ4n) is 3.71. The molecule has 0 atom stereocenters. The standard InChI is InChI=1S/C21H16Br2Cl2F2N2O2S2/c22-15-9-17(26)18(23)20(19(15)27)33(30,31)14-3-5-29(6-4-14)21-28-13(10-32-21)7-11-1-2-12(24)8-16(11)25/h1-2,8-10,14H,3-7H2. The lowest BCUT2D eigenvalue weighted by Gasteiger charge is -2.31. The number of hydrogen-bond donors (Lipinski definition) is 0. The fourth-order valence-corrected chi connectivity index (χ4v) is 8.43. The van der Waals surface area contributed by atoms with E-state index in [0.717, 1.165) is 22.5 Å². The zero-order chi connectivity index (χ0) is 23.9. The molecule has 1 aromatic heterocycles. The summed E-state index contributed by atoms with van der Waals surface area (Å²) in [4.78, 5) is 6.05. The van der Waals surface area contributed by atoms with E-state index in [0.29, 0.717) is 29.6 Å². The van der Waals surface area contributed by atoms with Crippen molar-refractivity contribution in [3.63, 3.8) is 0 Å². The quantitative estimate of drug-likeness (QED) is 0.270. The number of anilines is 1. The molecule has 0 radical (unpaired) electrons. The van der Waals surface area contributed by atoms with Crippen LogP contribution < -0.4 is 4.90 Å². The maximum Gasteiger partial charge on any atom is 0.185 e. The Morgan fingerprint density at radius 3 is 2.52 bits per heavy atom. The van der Waals surface area contributed by atoms with Crippen molar-refractivity contribution >= 4 is 81.4 Å². The van der Waals surface area contributed by atoms with Gasteiger partial charge >= 0.3 is 0 Å². The zero-order valence-corrected chi connectivity index (χ0v) is 23.1. The van der Waals surface area contributed by atoms with E-state index in [2.05, 4.69) is 36.8 Å². The number of nitrogens with zero attached hydrogens (tertiary/aromatic N) is 2. The molecule has 0 amide bonds. The number of rotatable bonds is 5. The van der Waals surface area contributed by atoms with Crippen molar-refractivity contribution in [1.82, 2.24) is 4.98 Å². The first-order valence-electron chi connectivity index (χ1n) is 9.78. The molecular weight excluding hydrogens is 645 g/mol. The van der Waals surface area contributed by atoms with Crippen LogP contribution in [0.2, 0.25) is 10.0 Å². The molecule has 3 aromatic rings. The van der Waals surface area contributed by atoms with E-state index in [4.69, 9.17) is 23.2 Å². The van der Waals surface area contributed by atoms with Crippen molar-refractivity contribution in [2.45, 2.75) is 29.4 Å². The third-order valence-electron chi connectivity index (χ3n) is 5.43. The number of sulfone groups is 1. The summed E-state index contributed by atoms with van der Waals surface area (Å²) in [7, 11) is -4.08. The average Bonchev–Trinajstić information content (AvgIpc) is 3.23. The molecule has 0 N–H and O–H groups in total. The zero-order valence-electron chi connectivity index (χ0n) is 16.8. The lowest BCUT2D eigenvalue weighted by atomic mass is 10.1. The van der Waals surface area contributed by atoms with Gasteiger partial charge in [0.15, 0.2) is 20.8 Å². The summed E-state index contributed by atoms with van der Waals surface area (Å²) in [5.41, 5.74) is 1.76. The fraction of sp³-hybridized carbons (Fsp3) is 0.286.